The lowest BCUT2D eigenvalue weighted by Crippen LogP contribution is -2.09. The molecule has 5 nitrogen and oxygen atoms in total. The topological polar surface area (TPSA) is 76.4 Å². The van der Waals surface area contributed by atoms with Crippen molar-refractivity contribution in [2.24, 2.45) is 0 Å². The van der Waals surface area contributed by atoms with Gasteiger partial charge in [-0.3, -0.25) is 4.79 Å². The molecule has 0 bridgehead atoms. The van der Waals surface area contributed by atoms with Gasteiger partial charge in [-0.1, -0.05) is 48.5 Å². The first-order valence-corrected chi connectivity index (χ1v) is 8.79. The second-order valence-corrected chi connectivity index (χ2v) is 6.02. The molecule has 0 spiro atoms. The zero-order valence-corrected chi connectivity index (χ0v) is 15.7. The Kier molecular flexibility index (Phi) is 6.18. The van der Waals surface area contributed by atoms with Gasteiger partial charge in [0.1, 0.15) is 23.1 Å². The molecule has 0 aliphatic carbocycles. The summed E-state index contributed by atoms with van der Waals surface area (Å²) < 4.78 is 10.6. The van der Waals surface area contributed by atoms with Gasteiger partial charge in [0.05, 0.1) is 12.7 Å². The molecule has 3 aromatic rings. The first-order chi connectivity index (χ1) is 14.1. The van der Waals surface area contributed by atoms with Crippen LogP contribution in [-0.4, -0.2) is 18.9 Å². The number of hydrogen-bond donors (Lipinski definition) is 0. The molecule has 0 amide bonds. The highest BCUT2D eigenvalue weighted by Crippen LogP contribution is 2.24. The molecule has 142 valence electrons. The van der Waals surface area contributed by atoms with E-state index in [1.807, 2.05) is 6.07 Å². The smallest absolute Gasteiger partial charge is 0.343 e. The van der Waals surface area contributed by atoms with Gasteiger partial charge in [-0.25, -0.2) is 4.79 Å². The van der Waals surface area contributed by atoms with E-state index in [0.29, 0.717) is 22.4 Å². The summed E-state index contributed by atoms with van der Waals surface area (Å²) >= 11 is 0. The molecular weight excluding hydrogens is 366 g/mol. The van der Waals surface area contributed by atoms with Crippen LogP contribution in [0.2, 0.25) is 0 Å². The van der Waals surface area contributed by atoms with Crippen molar-refractivity contribution in [1.82, 2.24) is 0 Å². The molecule has 0 fully saturated rings. The number of carbonyl (C=O) groups excluding carboxylic acids is 2. The molecule has 0 saturated carbocycles. The van der Waals surface area contributed by atoms with Gasteiger partial charge in [-0.15, -0.1) is 0 Å². The minimum Gasteiger partial charge on any atom is -0.497 e. The molecule has 0 N–H and O–H groups in total. The number of esters is 1. The first-order valence-electron chi connectivity index (χ1n) is 8.79. The van der Waals surface area contributed by atoms with Gasteiger partial charge in [-0.05, 0) is 36.4 Å². The molecule has 0 aliphatic rings. The molecule has 3 rings (SSSR count). The standard InChI is InChI=1S/C24H17NO4/c1-28-21-13-11-18(12-14-21)24(27)29-22-10-6-5-9-19(22)15-20(16-25)23(26)17-7-3-2-4-8-17/h2-15H,1H3. The van der Waals surface area contributed by atoms with Crippen LogP contribution in [-0.2, 0) is 0 Å². The van der Waals surface area contributed by atoms with Gasteiger partial charge in [-0.2, -0.15) is 5.26 Å². The summed E-state index contributed by atoms with van der Waals surface area (Å²) in [6, 6.07) is 23.7. The molecule has 29 heavy (non-hydrogen) atoms. The largest absolute Gasteiger partial charge is 0.497 e. The summed E-state index contributed by atoms with van der Waals surface area (Å²) in [6.45, 7) is 0. The average molecular weight is 383 g/mol. The number of ketones is 1. The number of para-hydroxylation sites is 1. The van der Waals surface area contributed by atoms with E-state index in [4.69, 9.17) is 9.47 Å². The maximum absolute atomic E-state index is 12.6. The fourth-order valence-electron chi connectivity index (χ4n) is 2.63. The number of nitriles is 1. The van der Waals surface area contributed by atoms with Gasteiger partial charge in [0, 0.05) is 11.1 Å². The van der Waals surface area contributed by atoms with Crippen LogP contribution in [0.25, 0.3) is 6.08 Å². The molecule has 0 saturated heterocycles. The van der Waals surface area contributed by atoms with Crippen molar-refractivity contribution in [3.05, 3.63) is 101 Å². The minimum atomic E-state index is -0.554. The normalized spacial score (nSPS) is 10.7. The fraction of sp³-hybridized carbons (Fsp3) is 0.0417. The van der Waals surface area contributed by atoms with Gasteiger partial charge in [0.2, 0.25) is 5.78 Å². The number of carbonyl (C=O) groups is 2. The number of methoxy groups -OCH3 is 1. The highest BCUT2D eigenvalue weighted by atomic mass is 16.5. The zero-order valence-electron chi connectivity index (χ0n) is 15.7. The van der Waals surface area contributed by atoms with E-state index >= 15 is 0 Å². The molecule has 5 heteroatoms. The SMILES string of the molecule is COc1ccc(C(=O)Oc2ccccc2C=C(C#N)C(=O)c2ccccc2)cc1. The maximum Gasteiger partial charge on any atom is 0.343 e. The number of ether oxygens (including phenoxy) is 2. The summed E-state index contributed by atoms with van der Waals surface area (Å²) in [6.07, 6.45) is 1.42. The van der Waals surface area contributed by atoms with E-state index in [0.717, 1.165) is 0 Å². The van der Waals surface area contributed by atoms with Crippen LogP contribution in [0.3, 0.4) is 0 Å². The Morgan fingerprint density at radius 3 is 2.17 bits per heavy atom. The van der Waals surface area contributed by atoms with Gasteiger partial charge in [0.15, 0.2) is 0 Å². The van der Waals surface area contributed by atoms with Crippen molar-refractivity contribution in [1.29, 1.82) is 5.26 Å². The number of Topliss-reactive ketones (excluding diaryl/α,β-unsaturated/α-hetero) is 1. The van der Waals surface area contributed by atoms with Crippen molar-refractivity contribution < 1.29 is 19.1 Å². The summed E-state index contributed by atoms with van der Waals surface area (Å²) in [4.78, 5) is 25.0. The van der Waals surface area contributed by atoms with Crippen LogP contribution in [0.4, 0.5) is 0 Å². The van der Waals surface area contributed by atoms with E-state index in [1.54, 1.807) is 86.0 Å². The Morgan fingerprint density at radius 2 is 1.52 bits per heavy atom. The highest BCUT2D eigenvalue weighted by Gasteiger charge is 2.15. The lowest BCUT2D eigenvalue weighted by molar-refractivity contribution is 0.0734. The molecule has 3 aromatic carbocycles. The molecule has 0 heterocycles. The molecule has 0 radical (unpaired) electrons. The molecule has 0 aromatic heterocycles. The zero-order chi connectivity index (χ0) is 20.6. The Morgan fingerprint density at radius 1 is 0.862 bits per heavy atom. The van der Waals surface area contributed by atoms with Crippen molar-refractivity contribution in [3.8, 4) is 17.6 Å². The quantitative estimate of drug-likeness (QED) is 0.203. The number of hydrogen-bond acceptors (Lipinski definition) is 5. The maximum atomic E-state index is 12.6. The van der Waals surface area contributed by atoms with E-state index in [-0.39, 0.29) is 11.3 Å². The predicted molar refractivity (Wildman–Crippen MR) is 109 cm³/mol. The lowest BCUT2D eigenvalue weighted by atomic mass is 10.0. The molecule has 0 unspecified atom stereocenters. The summed E-state index contributed by atoms with van der Waals surface area (Å²) in [5.41, 5.74) is 1.16. The number of nitrogens with zero attached hydrogens (tertiary/aromatic N) is 1. The van der Waals surface area contributed by atoms with E-state index in [1.165, 1.54) is 6.08 Å². The lowest BCUT2D eigenvalue weighted by Gasteiger charge is -2.08. The van der Waals surface area contributed by atoms with E-state index in [9.17, 15) is 14.9 Å². The van der Waals surface area contributed by atoms with Gasteiger partial charge >= 0.3 is 5.97 Å². The van der Waals surface area contributed by atoms with Gasteiger partial charge < -0.3 is 9.47 Å². The van der Waals surface area contributed by atoms with Crippen molar-refractivity contribution in [3.63, 3.8) is 0 Å². The molecular formula is C24H17NO4. The highest BCUT2D eigenvalue weighted by molar-refractivity contribution is 6.14. The van der Waals surface area contributed by atoms with Crippen molar-refractivity contribution >= 4 is 17.8 Å². The Hall–Kier alpha value is -4.17. The van der Waals surface area contributed by atoms with E-state index < -0.39 is 11.8 Å². The third-order valence-corrected chi connectivity index (χ3v) is 4.15. The monoisotopic (exact) mass is 383 g/mol. The van der Waals surface area contributed by atoms with Crippen LogP contribution in [0.1, 0.15) is 26.3 Å². The number of benzene rings is 3. The van der Waals surface area contributed by atoms with Gasteiger partial charge in [0.25, 0.3) is 0 Å². The second kappa shape index (κ2) is 9.16. The third-order valence-electron chi connectivity index (χ3n) is 4.15. The molecule has 0 atom stereocenters. The number of allylic oxidation sites excluding steroid dienone is 1. The van der Waals surface area contributed by atoms with Crippen LogP contribution in [0, 0.1) is 11.3 Å². The third kappa shape index (κ3) is 4.76. The number of rotatable bonds is 6. The summed E-state index contributed by atoms with van der Waals surface area (Å²) in [5.74, 6) is -0.0734. The van der Waals surface area contributed by atoms with E-state index in [2.05, 4.69) is 0 Å². The summed E-state index contributed by atoms with van der Waals surface area (Å²) in [7, 11) is 1.54. The summed E-state index contributed by atoms with van der Waals surface area (Å²) in [5, 5.41) is 9.46. The molecule has 0 aliphatic heterocycles. The fourth-order valence-corrected chi connectivity index (χ4v) is 2.63. The average Bonchev–Trinajstić information content (AvgIpc) is 2.78. The Balaban J connectivity index is 1.87. The first kappa shape index (κ1) is 19.6. The van der Waals surface area contributed by atoms with Crippen LogP contribution >= 0.6 is 0 Å². The minimum absolute atomic E-state index is 0.0517. The van der Waals surface area contributed by atoms with Crippen molar-refractivity contribution in [2.75, 3.05) is 7.11 Å². The van der Waals surface area contributed by atoms with Crippen LogP contribution in [0.5, 0.6) is 11.5 Å². The second-order valence-electron chi connectivity index (χ2n) is 6.02. The predicted octanol–water partition coefficient (Wildman–Crippen LogP) is 4.70. The Labute approximate surface area is 168 Å². The van der Waals surface area contributed by atoms with Crippen LogP contribution < -0.4 is 9.47 Å². The van der Waals surface area contributed by atoms with Crippen molar-refractivity contribution in [2.45, 2.75) is 0 Å². The Bertz CT molecular complexity index is 1090. The van der Waals surface area contributed by atoms with Crippen LogP contribution in [0.15, 0.2) is 84.4 Å².